The van der Waals surface area contributed by atoms with Crippen LogP contribution in [0.1, 0.15) is 26.2 Å². The quantitative estimate of drug-likeness (QED) is 0.326. The van der Waals surface area contributed by atoms with Crippen LogP contribution in [0, 0.1) is 0 Å². The molecule has 0 unspecified atom stereocenters. The van der Waals surface area contributed by atoms with Crippen LogP contribution in [-0.4, -0.2) is 16.3 Å². The zero-order valence-corrected chi connectivity index (χ0v) is 9.21. The average molecular weight is 217 g/mol. The number of unbranched alkanes of at least 4 members (excludes halogenated alkanes) is 2. The molecule has 70 valence electrons. The van der Waals surface area contributed by atoms with Gasteiger partial charge >= 0.3 is 0 Å². The van der Waals surface area contributed by atoms with Crippen LogP contribution in [0.5, 0.6) is 0 Å². The van der Waals surface area contributed by atoms with Crippen molar-refractivity contribution in [3.8, 4) is 0 Å². The maximum absolute atomic E-state index is 7.87. The van der Waals surface area contributed by atoms with Gasteiger partial charge in [-0.1, -0.05) is 32.0 Å². The molecule has 4 N–H and O–H groups in total. The summed E-state index contributed by atoms with van der Waals surface area (Å²) in [7, 11) is 0. The predicted molar refractivity (Wildman–Crippen MR) is 56.3 cm³/mol. The summed E-state index contributed by atoms with van der Waals surface area (Å²) in [4.78, 5) is 15.7. The molecule has 0 spiro atoms. The zero-order chi connectivity index (χ0) is 9.33. The molecule has 0 rings (SSSR count). The molecule has 0 aliphatic heterocycles. The molecule has 0 aliphatic rings. The van der Waals surface area contributed by atoms with Gasteiger partial charge in [0, 0.05) is 0 Å². The molecule has 0 bridgehead atoms. The molecule has 6 heteroatoms. The van der Waals surface area contributed by atoms with Crippen LogP contribution in [0.2, 0.25) is 0 Å². The molecule has 0 aliphatic carbocycles. The fraction of sp³-hybridized carbons (Fsp3) is 1.00. The van der Waals surface area contributed by atoms with E-state index in [1.807, 2.05) is 0 Å². The summed E-state index contributed by atoms with van der Waals surface area (Å²) in [6, 6.07) is 0. The third kappa shape index (κ3) is 57.0. The highest BCUT2D eigenvalue weighted by Crippen LogP contribution is 2.39. The monoisotopic (exact) mass is 217 g/mol. The molecule has 0 saturated heterocycles. The maximum atomic E-state index is 7.87. The van der Waals surface area contributed by atoms with Gasteiger partial charge in [-0.05, 0) is 24.8 Å². The highest BCUT2D eigenvalue weighted by molar-refractivity contribution is 8.59. The summed E-state index contributed by atoms with van der Waals surface area (Å²) in [6.45, 7) is 3.03. The Morgan fingerprint density at radius 3 is 1.91 bits per heavy atom. The van der Waals surface area contributed by atoms with Gasteiger partial charge < -0.3 is 15.5 Å². The molecule has 0 aromatic carbocycles. The van der Waals surface area contributed by atoms with E-state index in [1.165, 1.54) is 19.3 Å². The minimum Gasteiger partial charge on any atom is -0.338 e. The van der Waals surface area contributed by atoms with E-state index in [1.54, 1.807) is 0 Å². The first-order chi connectivity index (χ1) is 4.91. The minimum absolute atomic E-state index is 0.855. The highest BCUT2D eigenvalue weighted by Gasteiger charge is 1.90. The first kappa shape index (κ1) is 14.4. The first-order valence-electron chi connectivity index (χ1n) is 3.40. The van der Waals surface area contributed by atoms with Crippen LogP contribution < -0.4 is 5.73 Å². The predicted octanol–water partition coefficient (Wildman–Crippen LogP) is 1.26. The Balaban J connectivity index is 0. The van der Waals surface area contributed by atoms with Crippen LogP contribution in [0.3, 0.4) is 0 Å². The maximum Gasteiger partial charge on any atom is 0.239 e. The van der Waals surface area contributed by atoms with Gasteiger partial charge in [0.15, 0.2) is 0 Å². The molecular formula is C5H16NO2PS2. The summed E-state index contributed by atoms with van der Waals surface area (Å²) in [5.41, 5.74) is 2.10. The Bertz CT molecular complexity index is 105. The van der Waals surface area contributed by atoms with Crippen LogP contribution in [-0.2, 0) is 11.8 Å². The second-order valence-electron chi connectivity index (χ2n) is 2.01. The topological polar surface area (TPSA) is 66.5 Å². The van der Waals surface area contributed by atoms with E-state index in [2.05, 4.69) is 31.0 Å². The van der Waals surface area contributed by atoms with Crippen molar-refractivity contribution in [2.24, 2.45) is 5.73 Å². The SMILES string of the molecule is CCCCCN.OP(O)(=S)S. The van der Waals surface area contributed by atoms with Gasteiger partial charge in [-0.2, -0.15) is 0 Å². The summed E-state index contributed by atoms with van der Waals surface area (Å²) in [6.07, 6.45) is 3.75. The third-order valence-electron chi connectivity index (χ3n) is 0.808. The van der Waals surface area contributed by atoms with Crippen LogP contribution in [0.25, 0.3) is 0 Å². The number of hydrogen-bond donors (Lipinski definition) is 4. The lowest BCUT2D eigenvalue weighted by Crippen LogP contribution is -1.96. The Hall–Kier alpha value is 0.880. The molecule has 0 atom stereocenters. The molecule has 11 heavy (non-hydrogen) atoms. The van der Waals surface area contributed by atoms with Crippen LogP contribution >= 0.6 is 17.9 Å². The van der Waals surface area contributed by atoms with Crippen molar-refractivity contribution in [1.29, 1.82) is 0 Å². The van der Waals surface area contributed by atoms with Gasteiger partial charge in [0.05, 0.1) is 0 Å². The fourth-order valence-corrected chi connectivity index (χ4v) is 0.394. The largest absolute Gasteiger partial charge is 0.338 e. The molecule has 3 nitrogen and oxygen atoms in total. The standard InChI is InChI=1S/C5H13N.H3O2PS2/c1-2-3-4-5-6;1-3(2,4)5/h2-6H2,1H3;(H3,1,2,4,5). The second-order valence-corrected chi connectivity index (χ2v) is 7.05. The van der Waals surface area contributed by atoms with Crippen LogP contribution in [0.4, 0.5) is 0 Å². The first-order valence-corrected chi connectivity index (χ1v) is 7.26. The number of thiol groups is 1. The van der Waals surface area contributed by atoms with Crippen molar-refractivity contribution in [2.45, 2.75) is 26.2 Å². The lowest BCUT2D eigenvalue weighted by atomic mass is 10.3. The molecular weight excluding hydrogens is 201 g/mol. The van der Waals surface area contributed by atoms with Crippen molar-refractivity contribution in [3.63, 3.8) is 0 Å². The summed E-state index contributed by atoms with van der Waals surface area (Å²) in [5, 5.41) is 0. The molecule has 0 heterocycles. The van der Waals surface area contributed by atoms with Gasteiger partial charge in [0.2, 0.25) is 5.69 Å². The summed E-state index contributed by atoms with van der Waals surface area (Å²) in [5.74, 6) is 0. The average Bonchev–Trinajstić information content (AvgIpc) is 1.79. The Morgan fingerprint density at radius 2 is 1.82 bits per heavy atom. The molecule has 0 fully saturated rings. The van der Waals surface area contributed by atoms with Gasteiger partial charge in [-0.3, -0.25) is 0 Å². The smallest absolute Gasteiger partial charge is 0.239 e. The highest BCUT2D eigenvalue weighted by atomic mass is 32.9. The third-order valence-corrected chi connectivity index (χ3v) is 0.808. The second kappa shape index (κ2) is 8.97. The van der Waals surface area contributed by atoms with Gasteiger partial charge in [0.25, 0.3) is 0 Å². The van der Waals surface area contributed by atoms with E-state index < -0.39 is 5.69 Å². The minimum atomic E-state index is -3.11. The van der Waals surface area contributed by atoms with E-state index >= 15 is 0 Å². The number of hydrogen-bond acceptors (Lipinski definition) is 2. The normalized spacial score (nSPS) is 10.3. The van der Waals surface area contributed by atoms with E-state index in [0.717, 1.165) is 6.54 Å². The Morgan fingerprint density at radius 1 is 1.45 bits per heavy atom. The van der Waals surface area contributed by atoms with Gasteiger partial charge in [-0.15, -0.1) is 0 Å². The number of nitrogens with two attached hydrogens (primary N) is 1. The van der Waals surface area contributed by atoms with Crippen LogP contribution in [0.15, 0.2) is 0 Å². The van der Waals surface area contributed by atoms with Crippen molar-refractivity contribution in [2.75, 3.05) is 6.54 Å². The zero-order valence-electron chi connectivity index (χ0n) is 6.60. The molecule has 0 radical (unpaired) electrons. The summed E-state index contributed by atoms with van der Waals surface area (Å²) >= 11 is 7.07. The Labute approximate surface area is 78.3 Å². The van der Waals surface area contributed by atoms with Gasteiger partial charge in [0.1, 0.15) is 0 Å². The molecule has 0 amide bonds. The molecule has 0 aromatic rings. The van der Waals surface area contributed by atoms with E-state index in [9.17, 15) is 0 Å². The van der Waals surface area contributed by atoms with Gasteiger partial charge in [-0.25, -0.2) is 0 Å². The van der Waals surface area contributed by atoms with Crippen molar-refractivity contribution in [3.05, 3.63) is 0 Å². The lowest BCUT2D eigenvalue weighted by molar-refractivity contribution is 0.503. The molecule has 0 saturated carbocycles. The fourth-order valence-electron chi connectivity index (χ4n) is 0.394. The lowest BCUT2D eigenvalue weighted by Gasteiger charge is -1.88. The van der Waals surface area contributed by atoms with E-state index in [-0.39, 0.29) is 0 Å². The molecule has 0 aromatic heterocycles. The van der Waals surface area contributed by atoms with E-state index in [4.69, 9.17) is 15.5 Å². The van der Waals surface area contributed by atoms with Crippen molar-refractivity contribution < 1.29 is 9.79 Å². The van der Waals surface area contributed by atoms with Crippen molar-refractivity contribution >= 4 is 29.7 Å². The van der Waals surface area contributed by atoms with E-state index in [0.29, 0.717) is 0 Å². The van der Waals surface area contributed by atoms with Crippen molar-refractivity contribution in [1.82, 2.24) is 0 Å². The number of rotatable bonds is 3. The summed E-state index contributed by atoms with van der Waals surface area (Å²) < 4.78 is 0. The Kier molecular flexibility index (Phi) is 11.8.